The molecule has 0 N–H and O–H groups in total. The maximum atomic E-state index is 14.0. The minimum Gasteiger partial charge on any atom is -0.381 e. The van der Waals surface area contributed by atoms with E-state index in [1.54, 1.807) is 6.07 Å². The molecule has 3 aliphatic carbocycles. The van der Waals surface area contributed by atoms with E-state index >= 15 is 0 Å². The van der Waals surface area contributed by atoms with Gasteiger partial charge in [-0.2, -0.15) is 0 Å². The number of pyridine rings is 1. The minimum absolute atomic E-state index is 0.0546. The summed E-state index contributed by atoms with van der Waals surface area (Å²) in [6, 6.07) is 1.58. The fourth-order valence-corrected chi connectivity index (χ4v) is 8.16. The van der Waals surface area contributed by atoms with E-state index in [0.717, 1.165) is 68.4 Å². The lowest BCUT2D eigenvalue weighted by atomic mass is 9.77. The second kappa shape index (κ2) is 9.08. The SMILES string of the molecule is CC(F)(F)c1cnc2c(c1)CN(C(=O)[C@@]13CCC[C@@H]1C[C@@H](CC[C@H]1CCOC[C@H]1C1CC1)C3)CC2. The molecule has 0 unspecified atom stereocenters. The van der Waals surface area contributed by atoms with Crippen LogP contribution in [0.25, 0.3) is 0 Å². The molecule has 6 rings (SSSR count). The van der Waals surface area contributed by atoms with Crippen molar-refractivity contribution in [3.63, 3.8) is 0 Å². The van der Waals surface area contributed by atoms with Crippen molar-refractivity contribution in [2.75, 3.05) is 19.8 Å². The summed E-state index contributed by atoms with van der Waals surface area (Å²) in [5.41, 5.74) is 1.40. The second-order valence-electron chi connectivity index (χ2n) is 12.4. The number of halogens is 2. The Morgan fingerprint density at radius 1 is 1.26 bits per heavy atom. The highest BCUT2D eigenvalue weighted by molar-refractivity contribution is 5.84. The van der Waals surface area contributed by atoms with Gasteiger partial charge in [0.25, 0.3) is 5.92 Å². The Balaban J connectivity index is 1.12. The number of rotatable bonds is 6. The normalized spacial score (nSPS) is 35.1. The van der Waals surface area contributed by atoms with E-state index in [-0.39, 0.29) is 11.0 Å². The highest BCUT2D eigenvalue weighted by atomic mass is 19.3. The number of hydrogen-bond donors (Lipinski definition) is 0. The van der Waals surface area contributed by atoms with Crippen molar-refractivity contribution in [2.24, 2.45) is 35.0 Å². The molecule has 0 spiro atoms. The van der Waals surface area contributed by atoms with Gasteiger partial charge in [-0.25, -0.2) is 8.78 Å². The van der Waals surface area contributed by atoms with Gasteiger partial charge in [0.2, 0.25) is 5.91 Å². The molecule has 3 heterocycles. The summed E-state index contributed by atoms with van der Waals surface area (Å²) in [6.07, 6.45) is 14.0. The quantitative estimate of drug-likeness (QED) is 0.487. The van der Waals surface area contributed by atoms with Gasteiger partial charge >= 0.3 is 0 Å². The first-order valence-corrected chi connectivity index (χ1v) is 14.1. The number of amides is 1. The van der Waals surface area contributed by atoms with Crippen LogP contribution in [0.3, 0.4) is 0 Å². The summed E-state index contributed by atoms with van der Waals surface area (Å²) in [5.74, 6) is 1.01. The lowest BCUT2D eigenvalue weighted by Gasteiger charge is -2.37. The first-order chi connectivity index (χ1) is 16.8. The molecular weight excluding hydrogens is 446 g/mol. The fourth-order valence-electron chi connectivity index (χ4n) is 8.16. The number of carbonyl (C=O) groups is 1. The van der Waals surface area contributed by atoms with Gasteiger partial charge in [-0.15, -0.1) is 0 Å². The van der Waals surface area contributed by atoms with Crippen molar-refractivity contribution in [1.82, 2.24) is 9.88 Å². The van der Waals surface area contributed by atoms with Crippen molar-refractivity contribution in [2.45, 2.75) is 90.0 Å². The van der Waals surface area contributed by atoms with Gasteiger partial charge in [0, 0.05) is 57.1 Å². The molecule has 0 radical (unpaired) electrons. The number of nitrogens with zero attached hydrogens (tertiary/aromatic N) is 2. The molecule has 4 nitrogen and oxygen atoms in total. The highest BCUT2D eigenvalue weighted by Crippen LogP contribution is 2.59. The summed E-state index contributed by atoms with van der Waals surface area (Å²) < 4.78 is 33.6. The molecule has 4 fully saturated rings. The molecule has 1 saturated heterocycles. The third-order valence-corrected chi connectivity index (χ3v) is 10.2. The lowest BCUT2D eigenvalue weighted by Crippen LogP contribution is -2.46. The Kier molecular flexibility index (Phi) is 6.18. The van der Waals surface area contributed by atoms with E-state index in [0.29, 0.717) is 37.3 Å². The van der Waals surface area contributed by atoms with Gasteiger partial charge in [0.1, 0.15) is 0 Å². The maximum Gasteiger partial charge on any atom is 0.272 e. The summed E-state index contributed by atoms with van der Waals surface area (Å²) in [5, 5.41) is 0. The number of fused-ring (bicyclic) bond motifs is 2. The zero-order valence-corrected chi connectivity index (χ0v) is 21.1. The highest BCUT2D eigenvalue weighted by Gasteiger charge is 2.56. The van der Waals surface area contributed by atoms with Crippen molar-refractivity contribution in [1.29, 1.82) is 0 Å². The Morgan fingerprint density at radius 2 is 2.11 bits per heavy atom. The first-order valence-electron chi connectivity index (χ1n) is 14.1. The zero-order chi connectivity index (χ0) is 24.2. The van der Waals surface area contributed by atoms with Crippen LogP contribution in [-0.4, -0.2) is 35.5 Å². The lowest BCUT2D eigenvalue weighted by molar-refractivity contribution is -0.144. The minimum atomic E-state index is -2.91. The van der Waals surface area contributed by atoms with E-state index in [9.17, 15) is 13.6 Å². The fraction of sp³-hybridized carbons (Fsp3) is 0.793. The molecule has 6 heteroatoms. The molecule has 35 heavy (non-hydrogen) atoms. The summed E-state index contributed by atoms with van der Waals surface area (Å²) in [4.78, 5) is 20.3. The average molecular weight is 487 g/mol. The number of alkyl halides is 2. The van der Waals surface area contributed by atoms with Gasteiger partial charge < -0.3 is 9.64 Å². The van der Waals surface area contributed by atoms with Crippen LogP contribution in [0, 0.1) is 35.0 Å². The van der Waals surface area contributed by atoms with Crippen molar-refractivity contribution in [3.8, 4) is 0 Å². The van der Waals surface area contributed by atoms with Crippen molar-refractivity contribution in [3.05, 3.63) is 29.1 Å². The van der Waals surface area contributed by atoms with Crippen LogP contribution in [0.2, 0.25) is 0 Å². The van der Waals surface area contributed by atoms with Crippen LogP contribution in [0.4, 0.5) is 8.78 Å². The van der Waals surface area contributed by atoms with Crippen LogP contribution >= 0.6 is 0 Å². The molecule has 1 aromatic heterocycles. The van der Waals surface area contributed by atoms with Gasteiger partial charge in [0.15, 0.2) is 0 Å². The molecule has 3 saturated carbocycles. The average Bonchev–Trinajstić information content (AvgIpc) is 3.52. The number of carbonyl (C=O) groups excluding carboxylic acids is 1. The van der Waals surface area contributed by atoms with E-state index in [4.69, 9.17) is 4.74 Å². The van der Waals surface area contributed by atoms with E-state index in [2.05, 4.69) is 4.98 Å². The molecule has 0 bridgehead atoms. The molecule has 1 amide bonds. The number of aromatic nitrogens is 1. The zero-order valence-electron chi connectivity index (χ0n) is 21.1. The maximum absolute atomic E-state index is 14.0. The number of ether oxygens (including phenoxy) is 1. The largest absolute Gasteiger partial charge is 0.381 e. The summed E-state index contributed by atoms with van der Waals surface area (Å²) >= 11 is 0. The summed E-state index contributed by atoms with van der Waals surface area (Å²) in [7, 11) is 0. The molecule has 5 aliphatic rings. The van der Waals surface area contributed by atoms with Gasteiger partial charge in [-0.05, 0) is 92.6 Å². The summed E-state index contributed by atoms with van der Waals surface area (Å²) in [6.45, 7) is 3.87. The van der Waals surface area contributed by atoms with E-state index in [1.165, 1.54) is 51.1 Å². The number of hydrogen-bond acceptors (Lipinski definition) is 3. The predicted molar refractivity (Wildman–Crippen MR) is 130 cm³/mol. The van der Waals surface area contributed by atoms with E-state index < -0.39 is 5.92 Å². The van der Waals surface area contributed by atoms with Crippen LogP contribution in [0.15, 0.2) is 12.3 Å². The van der Waals surface area contributed by atoms with Crippen molar-refractivity contribution >= 4 is 5.91 Å². The standard InChI is InChI=1S/C29H40F2N2O2/c1-28(30,31)24-14-22-17-33(11-8-26(22)32-16-24)27(34)29-10-2-3-23(29)13-19(15-29)4-5-21-9-12-35-18-25(21)20-6-7-20/h14,16,19-21,23,25H,2-13,15,17-18H2,1H3/t19-,21+,23-,25+,29-/m1/s1. The van der Waals surface area contributed by atoms with Gasteiger partial charge in [0.05, 0.1) is 5.41 Å². The Bertz CT molecular complexity index is 958. The Labute approximate surface area is 208 Å². The molecule has 1 aromatic rings. The Hall–Kier alpha value is -1.56. The predicted octanol–water partition coefficient (Wildman–Crippen LogP) is 6.12. The van der Waals surface area contributed by atoms with Crippen LogP contribution in [0.1, 0.15) is 88.0 Å². The van der Waals surface area contributed by atoms with Crippen LogP contribution in [0.5, 0.6) is 0 Å². The van der Waals surface area contributed by atoms with Gasteiger partial charge in [-0.1, -0.05) is 12.8 Å². The van der Waals surface area contributed by atoms with Gasteiger partial charge in [-0.3, -0.25) is 9.78 Å². The van der Waals surface area contributed by atoms with Crippen LogP contribution in [-0.2, 0) is 28.4 Å². The smallest absolute Gasteiger partial charge is 0.272 e. The monoisotopic (exact) mass is 486 g/mol. The third-order valence-electron chi connectivity index (χ3n) is 10.2. The molecule has 192 valence electrons. The molecular formula is C29H40F2N2O2. The molecule has 5 atom stereocenters. The Morgan fingerprint density at radius 3 is 2.91 bits per heavy atom. The molecule has 0 aromatic carbocycles. The van der Waals surface area contributed by atoms with Crippen LogP contribution < -0.4 is 0 Å². The van der Waals surface area contributed by atoms with E-state index in [1.807, 2.05) is 4.90 Å². The molecule has 2 aliphatic heterocycles. The first kappa shape index (κ1) is 23.8. The van der Waals surface area contributed by atoms with Crippen molar-refractivity contribution < 1.29 is 18.3 Å². The third kappa shape index (κ3) is 4.53. The second-order valence-corrected chi connectivity index (χ2v) is 12.4. The topological polar surface area (TPSA) is 42.4 Å².